The maximum atomic E-state index is 10.3. The molecule has 1 aromatic rings. The van der Waals surface area contributed by atoms with Crippen LogP contribution in [0.4, 0.5) is 0 Å². The Morgan fingerprint density at radius 3 is 1.62 bits per heavy atom. The van der Waals surface area contributed by atoms with Crippen molar-refractivity contribution in [1.82, 2.24) is 0 Å². The van der Waals surface area contributed by atoms with Gasteiger partial charge >= 0.3 is 17.1 Å². The molecule has 0 aliphatic carbocycles. The molecule has 0 atom stereocenters. The molecular weight excluding hydrogens is 382 g/mol. The predicted molar refractivity (Wildman–Crippen MR) is 78.5 cm³/mol. The van der Waals surface area contributed by atoms with E-state index in [0.29, 0.717) is 0 Å². The van der Waals surface area contributed by atoms with Gasteiger partial charge in [0.15, 0.2) is 0 Å². The fraction of sp³-hybridized carbons (Fsp3) is 0.286. The Morgan fingerprint density at radius 1 is 1.08 bits per heavy atom. The zero-order chi connectivity index (χ0) is 17.4. The molecular formula is C14H18MnO8P-2. The van der Waals surface area contributed by atoms with Gasteiger partial charge < -0.3 is 46.0 Å². The first-order valence-corrected chi connectivity index (χ1v) is 6.80. The first-order chi connectivity index (χ1) is 10.4. The molecule has 0 fully saturated rings. The molecule has 1 rings (SSSR count). The van der Waals surface area contributed by atoms with Crippen molar-refractivity contribution in [3.8, 4) is 0 Å². The summed E-state index contributed by atoms with van der Waals surface area (Å²) in [6.07, 6.45) is 0.732. The molecule has 0 aromatic heterocycles. The topological polar surface area (TPSA) is 164 Å². The molecule has 0 bridgehead atoms. The van der Waals surface area contributed by atoms with Crippen LogP contribution in [-0.2, 0) is 26.7 Å². The van der Waals surface area contributed by atoms with Gasteiger partial charge in [-0.25, -0.2) is 21.7 Å². The number of hydrogen-bond acceptors (Lipinski definition) is 8. The van der Waals surface area contributed by atoms with Gasteiger partial charge in [0.1, 0.15) is 11.9 Å². The minimum absolute atomic E-state index is 0. The number of carbonyl (C=O) groups excluding carboxylic acids is 2. The van der Waals surface area contributed by atoms with E-state index < -0.39 is 33.8 Å². The molecule has 0 saturated heterocycles. The minimum Gasteiger partial charge on any atom is -0.854 e. The fourth-order valence-corrected chi connectivity index (χ4v) is 1.08. The second-order valence-electron chi connectivity index (χ2n) is 3.72. The van der Waals surface area contributed by atoms with Crippen LogP contribution < -0.4 is 14.7 Å². The van der Waals surface area contributed by atoms with Gasteiger partial charge in [-0.1, -0.05) is 0 Å². The van der Waals surface area contributed by atoms with Crippen LogP contribution in [-0.4, -0.2) is 47.0 Å². The van der Waals surface area contributed by atoms with E-state index in [1.807, 2.05) is 30.3 Å². The summed E-state index contributed by atoms with van der Waals surface area (Å²) in [5, 5.41) is 26.5. The predicted octanol–water partition coefficient (Wildman–Crippen LogP) is -2.76. The fourth-order valence-electron chi connectivity index (χ4n) is 1.08. The summed E-state index contributed by atoms with van der Waals surface area (Å²) in [6, 6.07) is 10.0. The average Bonchev–Trinajstić information content (AvgIpc) is 3.07. The van der Waals surface area contributed by atoms with Crippen LogP contribution in [0.15, 0.2) is 42.0 Å². The molecule has 10 heteroatoms. The van der Waals surface area contributed by atoms with Crippen molar-refractivity contribution in [2.75, 3.05) is 19.8 Å². The Kier molecular flexibility index (Phi) is 25.7. The van der Waals surface area contributed by atoms with E-state index in [0.717, 1.165) is 6.08 Å². The molecule has 1 aromatic carbocycles. The summed E-state index contributed by atoms with van der Waals surface area (Å²) in [6.45, 7) is -1.95. The SMILES string of the molecule is O=C=CC(=C=O)C(CO)(CO)CO.[CH3-].[Mn+3].[O-]P([O-])[O-].c1cc[cH-]c1. The maximum Gasteiger partial charge on any atom is 3.00 e. The Bertz CT molecular complexity index is 433. The maximum absolute atomic E-state index is 10.3. The molecule has 0 amide bonds. The van der Waals surface area contributed by atoms with Crippen LogP contribution in [0.1, 0.15) is 0 Å². The Morgan fingerprint density at radius 2 is 1.46 bits per heavy atom. The third kappa shape index (κ3) is 14.5. The van der Waals surface area contributed by atoms with Crippen LogP contribution in [0.25, 0.3) is 0 Å². The van der Waals surface area contributed by atoms with Crippen molar-refractivity contribution in [2.24, 2.45) is 5.41 Å². The van der Waals surface area contributed by atoms with Crippen LogP contribution in [0.5, 0.6) is 0 Å². The Hall–Kier alpha value is -1.04. The molecule has 0 aliphatic rings. The molecule has 0 unspecified atom stereocenters. The summed E-state index contributed by atoms with van der Waals surface area (Å²) in [5.41, 5.74) is -1.81. The van der Waals surface area contributed by atoms with Gasteiger partial charge in [0.05, 0.1) is 30.8 Å². The molecule has 0 heterocycles. The molecule has 0 saturated carbocycles. The normalized spacial score (nSPS) is 8.62. The standard InChI is InChI=1S/C8H10O5.C5H5.CH3.Mn.O3P/c9-2-1-7(3-10)8(4-11,5-12)6-13;1-2-4-5-3-1;;;1-4(2)3/h1,11-13H,4-6H2;1-5H;1H3;;/q;2*-1;+3;-3. The van der Waals surface area contributed by atoms with Gasteiger partial charge in [0.2, 0.25) is 0 Å². The largest absolute Gasteiger partial charge is 3.00 e. The summed E-state index contributed by atoms with van der Waals surface area (Å²) in [7, 11) is -3.37. The molecule has 24 heavy (non-hydrogen) atoms. The Labute approximate surface area is 152 Å². The zero-order valence-corrected chi connectivity index (χ0v) is 14.9. The number of aliphatic hydroxyl groups is 3. The number of aliphatic hydroxyl groups excluding tert-OH is 3. The molecule has 3 N–H and O–H groups in total. The van der Waals surface area contributed by atoms with Crippen LogP contribution in [0.3, 0.4) is 0 Å². The molecule has 0 spiro atoms. The molecule has 0 radical (unpaired) electrons. The summed E-state index contributed by atoms with van der Waals surface area (Å²) in [5.74, 6) is 2.68. The van der Waals surface area contributed by atoms with E-state index in [2.05, 4.69) is 0 Å². The Balaban J connectivity index is -0.000000150. The minimum atomic E-state index is -3.37. The van der Waals surface area contributed by atoms with E-state index in [-0.39, 0.29) is 30.1 Å². The molecule has 8 nitrogen and oxygen atoms in total. The van der Waals surface area contributed by atoms with Crippen molar-refractivity contribution in [3.63, 3.8) is 0 Å². The number of allylic oxidation sites excluding steroid dienone is 1. The summed E-state index contributed by atoms with van der Waals surface area (Å²) < 4.78 is 0. The quantitative estimate of drug-likeness (QED) is 0.157. The second-order valence-corrected chi connectivity index (χ2v) is 4.17. The van der Waals surface area contributed by atoms with E-state index in [1.54, 1.807) is 0 Å². The monoisotopic (exact) mass is 400 g/mol. The van der Waals surface area contributed by atoms with Crippen molar-refractivity contribution in [3.05, 3.63) is 49.4 Å². The van der Waals surface area contributed by atoms with E-state index >= 15 is 0 Å². The van der Waals surface area contributed by atoms with Gasteiger partial charge in [-0.3, -0.25) is 0 Å². The molecule has 0 aliphatic heterocycles. The van der Waals surface area contributed by atoms with Crippen molar-refractivity contribution in [2.45, 2.75) is 0 Å². The van der Waals surface area contributed by atoms with Gasteiger partial charge in [0, 0.05) is 6.08 Å². The smallest absolute Gasteiger partial charge is 0.854 e. The van der Waals surface area contributed by atoms with Crippen molar-refractivity contribution < 1.29 is 56.7 Å². The van der Waals surface area contributed by atoms with Crippen molar-refractivity contribution in [1.29, 1.82) is 0 Å². The number of rotatable bonds is 5. The summed E-state index contributed by atoms with van der Waals surface area (Å²) in [4.78, 5) is 45.7. The summed E-state index contributed by atoms with van der Waals surface area (Å²) >= 11 is 0. The van der Waals surface area contributed by atoms with Crippen LogP contribution in [0, 0.1) is 12.8 Å². The van der Waals surface area contributed by atoms with Gasteiger partial charge in [0.25, 0.3) is 0 Å². The van der Waals surface area contributed by atoms with Crippen LogP contribution >= 0.6 is 8.60 Å². The van der Waals surface area contributed by atoms with Gasteiger partial charge in [-0.05, 0) is 0 Å². The first-order valence-electron chi connectivity index (χ1n) is 5.71. The van der Waals surface area contributed by atoms with E-state index in [1.165, 1.54) is 11.9 Å². The number of hydrogen-bond donors (Lipinski definition) is 3. The third-order valence-corrected chi connectivity index (χ3v) is 2.35. The molecule has 136 valence electrons. The van der Waals surface area contributed by atoms with Crippen LogP contribution in [0.2, 0.25) is 0 Å². The van der Waals surface area contributed by atoms with E-state index in [9.17, 15) is 9.59 Å². The van der Waals surface area contributed by atoms with Gasteiger partial charge in [-0.15, -0.1) is 0 Å². The van der Waals surface area contributed by atoms with E-state index in [4.69, 9.17) is 30.0 Å². The van der Waals surface area contributed by atoms with Gasteiger partial charge in [-0.2, -0.15) is 18.2 Å². The second kappa shape index (κ2) is 20.0. The first kappa shape index (κ1) is 30.8. The van der Waals surface area contributed by atoms with Crippen molar-refractivity contribution >= 4 is 20.5 Å². The third-order valence-electron chi connectivity index (χ3n) is 2.35. The zero-order valence-electron chi connectivity index (χ0n) is 12.8. The average molecular weight is 400 g/mol.